The number of phenolic OH excluding ortho intramolecular Hbond substituents is 2. The molecule has 2 aliphatic heterocycles. The van der Waals surface area contributed by atoms with E-state index in [1.54, 1.807) is 29.2 Å². The third-order valence-electron chi connectivity index (χ3n) is 10.4. The number of carbonyl (C=O) groups excluding carboxylic acids is 1. The zero-order valence-corrected chi connectivity index (χ0v) is 33.4. The average Bonchev–Trinajstić information content (AvgIpc) is 3.20. The van der Waals surface area contributed by atoms with E-state index in [0.29, 0.717) is 55.4 Å². The van der Waals surface area contributed by atoms with Gasteiger partial charge in [0.05, 0.1) is 22.2 Å². The van der Waals surface area contributed by atoms with Gasteiger partial charge in [-0.05, 0) is 85.3 Å². The zero-order valence-electron chi connectivity index (χ0n) is 33.4. The maximum absolute atomic E-state index is 12.7. The van der Waals surface area contributed by atoms with Crippen molar-refractivity contribution in [3.63, 3.8) is 0 Å². The van der Waals surface area contributed by atoms with Gasteiger partial charge in [-0.15, -0.1) is 0 Å². The van der Waals surface area contributed by atoms with E-state index in [1.165, 1.54) is 0 Å². The van der Waals surface area contributed by atoms with Crippen molar-refractivity contribution in [2.24, 2.45) is 5.41 Å². The molecule has 1 atom stereocenters. The van der Waals surface area contributed by atoms with Crippen LogP contribution in [-0.2, 0) is 4.79 Å². The van der Waals surface area contributed by atoms with E-state index in [2.05, 4.69) is 40.2 Å². The number of nitrogens with zero attached hydrogens (tertiary/aromatic N) is 7. The Morgan fingerprint density at radius 1 is 0.667 bits per heavy atom. The molecule has 4 N–H and O–H groups in total. The standard InChI is InChI=1S/C26H32N4O3.C19H20N4O/c1-17-9-10-18-20(15-17)27-23(19-7-5-6-8-21(19)31)28-24(18)29-11-13-30(14-12-29)25(33)22(32)16-26(2,3)4;1-13-6-7-14-16(12-13)21-18(15-4-2-3-5-17(15)24)22-19(14)23-10-8-20-9-11-23/h5-10,15,22,31-32H,11-14,16H2,1-4H3;2-7,12,20,24H,8-11H2,1H3/t22-;/m1./s1. The Morgan fingerprint density at radius 2 is 1.12 bits per heavy atom. The van der Waals surface area contributed by atoms with Gasteiger partial charge in [0.25, 0.3) is 5.91 Å². The van der Waals surface area contributed by atoms with Gasteiger partial charge < -0.3 is 35.3 Å². The Hall–Kier alpha value is -5.85. The summed E-state index contributed by atoms with van der Waals surface area (Å²) >= 11 is 0. The van der Waals surface area contributed by atoms with Crippen molar-refractivity contribution in [3.8, 4) is 34.3 Å². The van der Waals surface area contributed by atoms with Crippen LogP contribution in [0.3, 0.4) is 0 Å². The average molecular weight is 769 g/mol. The van der Waals surface area contributed by atoms with Crippen LogP contribution in [0, 0.1) is 19.3 Å². The number of aryl methyl sites for hydroxylation is 2. The summed E-state index contributed by atoms with van der Waals surface area (Å²) in [6.07, 6.45) is -0.543. The molecule has 296 valence electrons. The van der Waals surface area contributed by atoms with Crippen LogP contribution >= 0.6 is 0 Å². The molecule has 0 spiro atoms. The third kappa shape index (κ3) is 9.08. The van der Waals surface area contributed by atoms with Crippen molar-refractivity contribution in [1.29, 1.82) is 0 Å². The van der Waals surface area contributed by atoms with E-state index < -0.39 is 6.10 Å². The molecule has 1 amide bonds. The number of benzene rings is 4. The van der Waals surface area contributed by atoms with E-state index in [1.807, 2.05) is 70.2 Å². The lowest BCUT2D eigenvalue weighted by molar-refractivity contribution is -0.142. The van der Waals surface area contributed by atoms with Gasteiger partial charge in [0, 0.05) is 63.1 Å². The number of hydrogen-bond acceptors (Lipinski definition) is 11. The predicted molar refractivity (Wildman–Crippen MR) is 227 cm³/mol. The number of fused-ring (bicyclic) bond motifs is 2. The Labute approximate surface area is 333 Å². The van der Waals surface area contributed by atoms with E-state index in [4.69, 9.17) is 19.9 Å². The number of piperazine rings is 2. The molecule has 2 saturated heterocycles. The van der Waals surface area contributed by atoms with E-state index in [-0.39, 0.29) is 22.8 Å². The number of amides is 1. The largest absolute Gasteiger partial charge is 0.507 e. The van der Waals surface area contributed by atoms with Crippen molar-refractivity contribution < 1.29 is 20.1 Å². The molecule has 0 radical (unpaired) electrons. The van der Waals surface area contributed by atoms with Crippen molar-refractivity contribution in [2.45, 2.75) is 47.1 Å². The molecule has 0 unspecified atom stereocenters. The number of hydrogen-bond donors (Lipinski definition) is 4. The highest BCUT2D eigenvalue weighted by atomic mass is 16.3. The Morgan fingerprint density at radius 3 is 1.58 bits per heavy atom. The molecule has 4 aromatic carbocycles. The Bertz CT molecular complexity index is 2380. The maximum Gasteiger partial charge on any atom is 0.251 e. The highest BCUT2D eigenvalue weighted by molar-refractivity contribution is 5.93. The lowest BCUT2D eigenvalue weighted by Crippen LogP contribution is -2.52. The van der Waals surface area contributed by atoms with Crippen LogP contribution in [0.1, 0.15) is 38.3 Å². The van der Waals surface area contributed by atoms with Crippen molar-refractivity contribution in [1.82, 2.24) is 30.2 Å². The molecule has 2 fully saturated rings. The van der Waals surface area contributed by atoms with Gasteiger partial charge >= 0.3 is 0 Å². The minimum atomic E-state index is -0.980. The molecule has 4 heterocycles. The second kappa shape index (κ2) is 16.7. The van der Waals surface area contributed by atoms with Gasteiger partial charge in [-0.2, -0.15) is 0 Å². The zero-order chi connectivity index (χ0) is 40.3. The number of carbonyl (C=O) groups is 1. The summed E-state index contributed by atoms with van der Waals surface area (Å²) in [5, 5.41) is 36.3. The molecule has 12 nitrogen and oxygen atoms in total. The summed E-state index contributed by atoms with van der Waals surface area (Å²) in [5.41, 5.74) is 5.12. The number of rotatable bonds is 6. The summed E-state index contributed by atoms with van der Waals surface area (Å²) in [7, 11) is 0. The minimum absolute atomic E-state index is 0.117. The molecule has 0 saturated carbocycles. The van der Waals surface area contributed by atoms with Crippen LogP contribution in [-0.4, -0.2) is 105 Å². The van der Waals surface area contributed by atoms with Crippen molar-refractivity contribution in [2.75, 3.05) is 62.2 Å². The van der Waals surface area contributed by atoms with Gasteiger partial charge in [0.15, 0.2) is 11.6 Å². The first-order chi connectivity index (χ1) is 27.3. The molecule has 6 aromatic rings. The van der Waals surface area contributed by atoms with Gasteiger partial charge in [-0.3, -0.25) is 4.79 Å². The van der Waals surface area contributed by atoms with Crippen LogP contribution in [0.4, 0.5) is 11.6 Å². The maximum atomic E-state index is 12.7. The monoisotopic (exact) mass is 768 g/mol. The highest BCUT2D eigenvalue weighted by Crippen LogP contribution is 2.34. The highest BCUT2D eigenvalue weighted by Gasteiger charge is 2.30. The molecule has 57 heavy (non-hydrogen) atoms. The predicted octanol–water partition coefficient (Wildman–Crippen LogP) is 6.48. The first-order valence-electron chi connectivity index (χ1n) is 19.7. The summed E-state index contributed by atoms with van der Waals surface area (Å²) in [6.45, 7) is 16.1. The number of nitrogens with one attached hydrogen (secondary N) is 1. The molecular formula is C45H52N8O4. The van der Waals surface area contributed by atoms with Crippen LogP contribution in [0.15, 0.2) is 84.9 Å². The summed E-state index contributed by atoms with van der Waals surface area (Å²) in [5.74, 6) is 2.91. The number of anilines is 2. The Kier molecular flexibility index (Phi) is 11.5. The summed E-state index contributed by atoms with van der Waals surface area (Å²) in [4.78, 5) is 38.0. The molecule has 2 aromatic heterocycles. The van der Waals surface area contributed by atoms with Crippen LogP contribution in [0.2, 0.25) is 0 Å². The number of phenols is 2. The molecule has 0 bridgehead atoms. The molecule has 0 aliphatic carbocycles. The van der Waals surface area contributed by atoms with E-state index in [0.717, 1.165) is 70.7 Å². The Balaban J connectivity index is 0.000000183. The fraction of sp³-hybridized carbons (Fsp3) is 0.356. The van der Waals surface area contributed by atoms with Crippen molar-refractivity contribution >= 4 is 39.3 Å². The number of aliphatic hydroxyl groups is 1. The fourth-order valence-electron chi connectivity index (χ4n) is 7.39. The summed E-state index contributed by atoms with van der Waals surface area (Å²) < 4.78 is 0. The van der Waals surface area contributed by atoms with E-state index in [9.17, 15) is 20.1 Å². The molecule has 2 aliphatic rings. The summed E-state index contributed by atoms with van der Waals surface area (Å²) in [6, 6.07) is 26.6. The van der Waals surface area contributed by atoms with Gasteiger partial charge in [-0.1, -0.05) is 57.2 Å². The molecular weight excluding hydrogens is 717 g/mol. The number of aromatic hydroxyl groups is 2. The first kappa shape index (κ1) is 39.4. The lowest BCUT2D eigenvalue weighted by atomic mass is 9.89. The minimum Gasteiger partial charge on any atom is -0.507 e. The van der Waals surface area contributed by atoms with Crippen LogP contribution < -0.4 is 15.1 Å². The van der Waals surface area contributed by atoms with Crippen LogP contribution in [0.5, 0.6) is 11.5 Å². The van der Waals surface area contributed by atoms with Crippen molar-refractivity contribution in [3.05, 3.63) is 96.1 Å². The quantitative estimate of drug-likeness (QED) is 0.148. The number of para-hydroxylation sites is 2. The fourth-order valence-corrected chi connectivity index (χ4v) is 7.39. The topological polar surface area (TPSA) is 151 Å². The smallest absolute Gasteiger partial charge is 0.251 e. The van der Waals surface area contributed by atoms with E-state index >= 15 is 0 Å². The van der Waals surface area contributed by atoms with Gasteiger partial charge in [0.2, 0.25) is 0 Å². The third-order valence-corrected chi connectivity index (χ3v) is 10.4. The van der Waals surface area contributed by atoms with Gasteiger partial charge in [0.1, 0.15) is 29.2 Å². The molecule has 8 rings (SSSR count). The number of aromatic nitrogens is 4. The second-order valence-corrected chi connectivity index (χ2v) is 16.1. The first-order valence-corrected chi connectivity index (χ1v) is 19.7. The van der Waals surface area contributed by atoms with Gasteiger partial charge in [-0.25, -0.2) is 19.9 Å². The lowest BCUT2D eigenvalue weighted by Gasteiger charge is -2.37. The normalized spacial score (nSPS) is 15.4. The number of aliphatic hydroxyl groups excluding tert-OH is 1. The molecule has 12 heteroatoms. The van der Waals surface area contributed by atoms with Crippen LogP contribution in [0.25, 0.3) is 44.6 Å². The SMILES string of the molecule is Cc1ccc2c(N3CCN(C(=O)[C@H](O)CC(C)(C)C)CC3)nc(-c3ccccc3O)nc2c1.Cc1ccc2c(N3CCNCC3)nc(-c3ccccc3O)nc2c1. The second-order valence-electron chi connectivity index (χ2n) is 16.1.